The van der Waals surface area contributed by atoms with Crippen LogP contribution in [0.15, 0.2) is 28.1 Å². The van der Waals surface area contributed by atoms with Gasteiger partial charge in [0, 0.05) is 11.4 Å². The third-order valence-electron chi connectivity index (χ3n) is 2.75. The number of nitrogens with two attached hydrogens (primary N) is 1. The van der Waals surface area contributed by atoms with Gasteiger partial charge in [0.1, 0.15) is 0 Å². The van der Waals surface area contributed by atoms with Gasteiger partial charge in [-0.05, 0) is 65.2 Å². The zero-order valence-electron chi connectivity index (χ0n) is 9.88. The lowest BCUT2D eigenvalue weighted by Gasteiger charge is -2.11. The Kier molecular flexibility index (Phi) is 3.74. The van der Waals surface area contributed by atoms with E-state index in [0.29, 0.717) is 0 Å². The van der Waals surface area contributed by atoms with E-state index in [1.807, 2.05) is 6.07 Å². The maximum Gasteiger partial charge on any atom is 0.0702 e. The standard InChI is InChI=1S/C13H15BrN2S/c1-8-5-11(15)12(6-9(8)2)16-7-10-3-4-13(14)17-10/h3-6,16H,7,15H2,1-2H3. The van der Waals surface area contributed by atoms with Gasteiger partial charge in [-0.1, -0.05) is 0 Å². The molecule has 0 aliphatic carbocycles. The number of hydrogen-bond acceptors (Lipinski definition) is 3. The first kappa shape index (κ1) is 12.5. The van der Waals surface area contributed by atoms with Crippen molar-refractivity contribution in [1.29, 1.82) is 0 Å². The fourth-order valence-electron chi connectivity index (χ4n) is 1.62. The molecule has 0 fully saturated rings. The van der Waals surface area contributed by atoms with Crippen molar-refractivity contribution in [2.24, 2.45) is 0 Å². The number of aryl methyl sites for hydroxylation is 2. The second-order valence-corrected chi connectivity index (χ2v) is 6.63. The van der Waals surface area contributed by atoms with E-state index >= 15 is 0 Å². The SMILES string of the molecule is Cc1cc(N)c(NCc2ccc(Br)s2)cc1C. The van der Waals surface area contributed by atoms with Crippen molar-refractivity contribution in [2.75, 3.05) is 11.1 Å². The third kappa shape index (κ3) is 3.01. The molecule has 0 spiro atoms. The van der Waals surface area contributed by atoms with Gasteiger partial charge in [-0.25, -0.2) is 0 Å². The van der Waals surface area contributed by atoms with Crippen molar-refractivity contribution in [3.8, 4) is 0 Å². The number of nitrogens with one attached hydrogen (secondary N) is 1. The molecule has 0 atom stereocenters. The Balaban J connectivity index is 2.11. The van der Waals surface area contributed by atoms with Gasteiger partial charge in [0.2, 0.25) is 0 Å². The van der Waals surface area contributed by atoms with Crippen molar-refractivity contribution < 1.29 is 0 Å². The molecule has 2 aromatic rings. The monoisotopic (exact) mass is 310 g/mol. The van der Waals surface area contributed by atoms with Crippen LogP contribution in [-0.4, -0.2) is 0 Å². The Morgan fingerprint density at radius 2 is 1.94 bits per heavy atom. The summed E-state index contributed by atoms with van der Waals surface area (Å²) < 4.78 is 1.15. The van der Waals surface area contributed by atoms with Crippen LogP contribution in [0.4, 0.5) is 11.4 Å². The number of halogens is 1. The molecule has 0 aliphatic heterocycles. The number of benzene rings is 1. The average molecular weight is 311 g/mol. The number of nitrogen functional groups attached to an aromatic ring is 1. The van der Waals surface area contributed by atoms with Gasteiger partial charge in [0.15, 0.2) is 0 Å². The second kappa shape index (κ2) is 5.10. The van der Waals surface area contributed by atoms with Gasteiger partial charge in [-0.2, -0.15) is 0 Å². The van der Waals surface area contributed by atoms with Gasteiger partial charge in [0.05, 0.1) is 15.2 Å². The number of rotatable bonds is 3. The van der Waals surface area contributed by atoms with Gasteiger partial charge < -0.3 is 11.1 Å². The molecule has 2 nitrogen and oxygen atoms in total. The van der Waals surface area contributed by atoms with Crippen LogP contribution < -0.4 is 11.1 Å². The van der Waals surface area contributed by atoms with Crippen molar-refractivity contribution >= 4 is 38.6 Å². The van der Waals surface area contributed by atoms with E-state index in [1.54, 1.807) is 11.3 Å². The Bertz CT molecular complexity index is 534. The van der Waals surface area contributed by atoms with Crippen LogP contribution in [-0.2, 0) is 6.54 Å². The third-order valence-corrected chi connectivity index (χ3v) is 4.37. The van der Waals surface area contributed by atoms with Crippen LogP contribution in [0.3, 0.4) is 0 Å². The zero-order valence-corrected chi connectivity index (χ0v) is 12.3. The summed E-state index contributed by atoms with van der Waals surface area (Å²) in [6.07, 6.45) is 0. The van der Waals surface area contributed by atoms with E-state index in [0.717, 1.165) is 21.7 Å². The molecule has 0 saturated carbocycles. The molecule has 0 saturated heterocycles. The van der Waals surface area contributed by atoms with Crippen LogP contribution in [0.25, 0.3) is 0 Å². The van der Waals surface area contributed by atoms with Crippen LogP contribution in [0, 0.1) is 13.8 Å². The van der Waals surface area contributed by atoms with E-state index in [-0.39, 0.29) is 0 Å². The molecule has 90 valence electrons. The Hall–Kier alpha value is -1.00. The maximum absolute atomic E-state index is 5.99. The molecular formula is C13H15BrN2S. The normalized spacial score (nSPS) is 10.5. The molecule has 0 aliphatic rings. The van der Waals surface area contributed by atoms with Crippen molar-refractivity contribution in [3.05, 3.63) is 44.1 Å². The first-order chi connectivity index (χ1) is 8.06. The summed E-state index contributed by atoms with van der Waals surface area (Å²) >= 11 is 5.19. The first-order valence-corrected chi connectivity index (χ1v) is 7.02. The second-order valence-electron chi connectivity index (χ2n) is 4.08. The lowest BCUT2D eigenvalue weighted by molar-refractivity contribution is 1.19. The van der Waals surface area contributed by atoms with Crippen LogP contribution in [0.5, 0.6) is 0 Å². The average Bonchev–Trinajstić information content (AvgIpc) is 2.68. The molecule has 2 rings (SSSR count). The molecule has 0 amide bonds. The summed E-state index contributed by atoms with van der Waals surface area (Å²) in [5.74, 6) is 0. The fourth-order valence-corrected chi connectivity index (χ4v) is 3.04. The summed E-state index contributed by atoms with van der Waals surface area (Å²) in [4.78, 5) is 1.29. The Labute approximate surface area is 114 Å². The van der Waals surface area contributed by atoms with E-state index < -0.39 is 0 Å². The van der Waals surface area contributed by atoms with Gasteiger partial charge >= 0.3 is 0 Å². The van der Waals surface area contributed by atoms with Crippen LogP contribution >= 0.6 is 27.3 Å². The lowest BCUT2D eigenvalue weighted by Crippen LogP contribution is -2.02. The molecule has 0 unspecified atom stereocenters. The Morgan fingerprint density at radius 1 is 1.24 bits per heavy atom. The number of anilines is 2. The smallest absolute Gasteiger partial charge is 0.0702 e. The van der Waals surface area contributed by atoms with E-state index in [2.05, 4.69) is 53.3 Å². The molecular weight excluding hydrogens is 296 g/mol. The highest BCUT2D eigenvalue weighted by molar-refractivity contribution is 9.11. The van der Waals surface area contributed by atoms with Crippen LogP contribution in [0.1, 0.15) is 16.0 Å². The van der Waals surface area contributed by atoms with E-state index in [4.69, 9.17) is 5.73 Å². The minimum atomic E-state index is 0.808. The molecule has 17 heavy (non-hydrogen) atoms. The predicted molar refractivity (Wildman–Crippen MR) is 79.7 cm³/mol. The summed E-state index contributed by atoms with van der Waals surface area (Å²) in [5, 5.41) is 3.38. The highest BCUT2D eigenvalue weighted by atomic mass is 79.9. The highest BCUT2D eigenvalue weighted by Gasteiger charge is 2.03. The Morgan fingerprint density at radius 3 is 2.59 bits per heavy atom. The molecule has 3 N–H and O–H groups in total. The van der Waals surface area contributed by atoms with Gasteiger partial charge in [-0.15, -0.1) is 11.3 Å². The molecule has 4 heteroatoms. The number of thiophene rings is 1. The van der Waals surface area contributed by atoms with Crippen LogP contribution in [0.2, 0.25) is 0 Å². The minimum absolute atomic E-state index is 0.808. The summed E-state index contributed by atoms with van der Waals surface area (Å²) in [6.45, 7) is 4.98. The largest absolute Gasteiger partial charge is 0.397 e. The topological polar surface area (TPSA) is 38.0 Å². The molecule has 1 heterocycles. The first-order valence-electron chi connectivity index (χ1n) is 5.41. The predicted octanol–water partition coefficient (Wildman–Crippen LogP) is 4.32. The van der Waals surface area contributed by atoms with Crippen molar-refractivity contribution in [2.45, 2.75) is 20.4 Å². The molecule has 0 bridgehead atoms. The van der Waals surface area contributed by atoms with Crippen molar-refractivity contribution in [1.82, 2.24) is 0 Å². The molecule has 1 aromatic heterocycles. The summed E-state index contributed by atoms with van der Waals surface area (Å²) in [6, 6.07) is 8.29. The highest BCUT2D eigenvalue weighted by Crippen LogP contribution is 2.26. The summed E-state index contributed by atoms with van der Waals surface area (Å²) in [5.41, 5.74) is 10.3. The fraction of sp³-hybridized carbons (Fsp3) is 0.231. The maximum atomic E-state index is 5.99. The summed E-state index contributed by atoms with van der Waals surface area (Å²) in [7, 11) is 0. The number of hydrogen-bond donors (Lipinski definition) is 2. The van der Waals surface area contributed by atoms with Gasteiger partial charge in [-0.3, -0.25) is 0 Å². The van der Waals surface area contributed by atoms with Crippen molar-refractivity contribution in [3.63, 3.8) is 0 Å². The minimum Gasteiger partial charge on any atom is -0.397 e. The molecule has 0 radical (unpaired) electrons. The quantitative estimate of drug-likeness (QED) is 0.828. The lowest BCUT2D eigenvalue weighted by atomic mass is 10.1. The van der Waals surface area contributed by atoms with E-state index in [9.17, 15) is 0 Å². The van der Waals surface area contributed by atoms with Gasteiger partial charge in [0.25, 0.3) is 0 Å². The molecule has 1 aromatic carbocycles. The van der Waals surface area contributed by atoms with E-state index in [1.165, 1.54) is 16.0 Å². The zero-order chi connectivity index (χ0) is 12.4.